The van der Waals surface area contributed by atoms with Crippen molar-refractivity contribution >= 4 is 17.5 Å². The van der Waals surface area contributed by atoms with E-state index in [-0.39, 0.29) is 40.7 Å². The number of nitrogens with one attached hydrogen (secondary N) is 1. The van der Waals surface area contributed by atoms with Gasteiger partial charge in [-0.05, 0) is 38.8 Å². The Morgan fingerprint density at radius 1 is 1.18 bits per heavy atom. The number of amides is 1. The smallest absolute Gasteiger partial charge is 0.259 e. The van der Waals surface area contributed by atoms with Crippen molar-refractivity contribution < 1.29 is 34.1 Å². The minimum atomic E-state index is -1.60. The number of aliphatic hydroxyl groups excluding tert-OH is 1. The Hall–Kier alpha value is -4.07. The summed E-state index contributed by atoms with van der Waals surface area (Å²) in [5.41, 5.74) is 1.09. The summed E-state index contributed by atoms with van der Waals surface area (Å²) >= 11 is 0. The van der Waals surface area contributed by atoms with Crippen molar-refractivity contribution in [2.45, 2.75) is 39.7 Å². The zero-order chi connectivity index (χ0) is 24.9. The highest BCUT2D eigenvalue weighted by atomic mass is 16.5. The number of phenolic OH excluding ortho intramolecular Hbond substituents is 1. The molecule has 8 heteroatoms. The Kier molecular flexibility index (Phi) is 5.47. The lowest BCUT2D eigenvalue weighted by Crippen LogP contribution is -2.38. The van der Waals surface area contributed by atoms with Gasteiger partial charge in [0.2, 0.25) is 0 Å². The zero-order valence-electron chi connectivity index (χ0n) is 19.5. The third-order valence-corrected chi connectivity index (χ3v) is 6.37. The Morgan fingerprint density at radius 2 is 1.88 bits per heavy atom. The second-order valence-electron chi connectivity index (χ2n) is 8.67. The topological polar surface area (TPSA) is 122 Å². The molecule has 0 unspecified atom stereocenters. The highest BCUT2D eigenvalue weighted by Gasteiger charge is 2.55. The van der Waals surface area contributed by atoms with Crippen LogP contribution >= 0.6 is 0 Å². The van der Waals surface area contributed by atoms with Crippen LogP contribution in [0.1, 0.15) is 46.5 Å². The maximum absolute atomic E-state index is 13.3. The molecule has 1 aliphatic carbocycles. The lowest BCUT2D eigenvalue weighted by atomic mass is 9.71. The number of aromatic hydroxyl groups is 1. The second-order valence-corrected chi connectivity index (χ2v) is 8.67. The summed E-state index contributed by atoms with van der Waals surface area (Å²) in [5.74, 6) is -2.74. The highest BCUT2D eigenvalue weighted by molar-refractivity contribution is 6.25. The van der Waals surface area contributed by atoms with Crippen molar-refractivity contribution in [3.05, 3.63) is 75.3 Å². The number of allylic oxidation sites excluding steroid dienone is 3. The van der Waals surface area contributed by atoms with Crippen LogP contribution in [0.25, 0.3) is 0 Å². The number of methoxy groups -OCH3 is 1. The largest absolute Gasteiger partial charge is 0.507 e. The summed E-state index contributed by atoms with van der Waals surface area (Å²) < 4.78 is 11.2. The fraction of sp³-hybridized carbons (Fsp3) is 0.269. The number of ketones is 2. The molecule has 8 nitrogen and oxygen atoms in total. The van der Waals surface area contributed by atoms with E-state index in [4.69, 9.17) is 9.47 Å². The fourth-order valence-corrected chi connectivity index (χ4v) is 4.53. The van der Waals surface area contributed by atoms with Crippen LogP contribution < -0.4 is 14.8 Å². The first-order chi connectivity index (χ1) is 16.0. The number of hydrogen-bond acceptors (Lipinski definition) is 7. The van der Waals surface area contributed by atoms with E-state index in [2.05, 4.69) is 5.32 Å². The lowest BCUT2D eigenvalue weighted by molar-refractivity contribution is -0.123. The van der Waals surface area contributed by atoms with Crippen LogP contribution in [0, 0.1) is 13.8 Å². The summed E-state index contributed by atoms with van der Waals surface area (Å²) in [7, 11) is 1.34. The number of Topliss-reactive ketones (excluding diaryl/α,β-unsaturated/α-hetero) is 2. The summed E-state index contributed by atoms with van der Waals surface area (Å²) in [4.78, 5) is 38.6. The Balaban J connectivity index is 1.80. The first kappa shape index (κ1) is 23.1. The van der Waals surface area contributed by atoms with Gasteiger partial charge in [0.15, 0.2) is 17.3 Å². The van der Waals surface area contributed by atoms with Gasteiger partial charge < -0.3 is 25.0 Å². The molecule has 2 aromatic carbocycles. The molecule has 0 saturated heterocycles. The molecule has 0 spiro atoms. The Bertz CT molecular complexity index is 1340. The standard InChI is InChI=1S/C26H25NO7/c1-12-6-7-15(13(2)8-12)11-27-25(32)21-18(33-5)9-17(30)22-23(21)34-19-10-16(29)20(14(3)28)24(31)26(19,22)4/h6-10,29-30H,11H2,1-5H3,(H,27,32)/t26-/m1/s1. The molecule has 0 radical (unpaired) electrons. The highest BCUT2D eigenvalue weighted by Crippen LogP contribution is 2.56. The van der Waals surface area contributed by atoms with Gasteiger partial charge in [-0.25, -0.2) is 0 Å². The third kappa shape index (κ3) is 3.34. The van der Waals surface area contributed by atoms with Crippen LogP contribution in [-0.4, -0.2) is 34.8 Å². The van der Waals surface area contributed by atoms with Gasteiger partial charge in [0, 0.05) is 18.7 Å². The van der Waals surface area contributed by atoms with Gasteiger partial charge >= 0.3 is 0 Å². The van der Waals surface area contributed by atoms with Crippen LogP contribution in [-0.2, 0) is 21.5 Å². The molecular formula is C26H25NO7. The average molecular weight is 463 g/mol. The number of aliphatic hydroxyl groups is 1. The first-order valence-corrected chi connectivity index (χ1v) is 10.7. The summed E-state index contributed by atoms with van der Waals surface area (Å²) in [6.45, 7) is 6.82. The van der Waals surface area contributed by atoms with Crippen LogP contribution in [0.3, 0.4) is 0 Å². The molecule has 0 bridgehead atoms. The molecule has 34 heavy (non-hydrogen) atoms. The molecule has 0 aromatic heterocycles. The van der Waals surface area contributed by atoms with E-state index in [1.807, 2.05) is 32.0 Å². The molecule has 1 aliphatic heterocycles. The molecule has 0 fully saturated rings. The van der Waals surface area contributed by atoms with Crippen molar-refractivity contribution in [2.24, 2.45) is 0 Å². The summed E-state index contributed by atoms with van der Waals surface area (Å²) in [6, 6.07) is 7.13. The maximum Gasteiger partial charge on any atom is 0.259 e. The van der Waals surface area contributed by atoms with E-state index >= 15 is 0 Å². The number of phenols is 1. The zero-order valence-corrected chi connectivity index (χ0v) is 19.5. The number of carbonyl (C=O) groups excluding carboxylic acids is 3. The molecule has 1 atom stereocenters. The van der Waals surface area contributed by atoms with E-state index in [9.17, 15) is 24.6 Å². The van der Waals surface area contributed by atoms with E-state index in [0.29, 0.717) is 0 Å². The van der Waals surface area contributed by atoms with Crippen molar-refractivity contribution in [1.29, 1.82) is 0 Å². The second kappa shape index (κ2) is 8.06. The predicted octanol–water partition coefficient (Wildman–Crippen LogP) is 3.47. The predicted molar refractivity (Wildman–Crippen MR) is 123 cm³/mol. The number of benzene rings is 2. The number of ether oxygens (including phenoxy) is 2. The van der Waals surface area contributed by atoms with Gasteiger partial charge in [-0.1, -0.05) is 23.8 Å². The van der Waals surface area contributed by atoms with Gasteiger partial charge in [0.25, 0.3) is 5.91 Å². The van der Waals surface area contributed by atoms with E-state index in [1.165, 1.54) is 33.1 Å². The number of carbonyl (C=O) groups is 3. The number of fused-ring (bicyclic) bond motifs is 3. The molecule has 1 heterocycles. The number of rotatable bonds is 5. The first-order valence-electron chi connectivity index (χ1n) is 10.7. The van der Waals surface area contributed by atoms with Gasteiger partial charge in [0.1, 0.15) is 39.6 Å². The molecule has 4 rings (SSSR count). The molecule has 0 saturated carbocycles. The minimum Gasteiger partial charge on any atom is -0.507 e. The van der Waals surface area contributed by atoms with E-state index in [0.717, 1.165) is 16.7 Å². The summed E-state index contributed by atoms with van der Waals surface area (Å²) in [6.07, 6.45) is 1.17. The van der Waals surface area contributed by atoms with Crippen LogP contribution in [0.2, 0.25) is 0 Å². The van der Waals surface area contributed by atoms with Crippen LogP contribution in [0.4, 0.5) is 0 Å². The third-order valence-electron chi connectivity index (χ3n) is 6.37. The van der Waals surface area contributed by atoms with Crippen molar-refractivity contribution in [2.75, 3.05) is 7.11 Å². The lowest BCUT2D eigenvalue weighted by Gasteiger charge is -2.27. The average Bonchev–Trinajstić information content (AvgIpc) is 3.06. The Morgan fingerprint density at radius 3 is 2.50 bits per heavy atom. The number of aryl methyl sites for hydroxylation is 2. The van der Waals surface area contributed by atoms with Crippen molar-refractivity contribution in [3.8, 4) is 17.2 Å². The van der Waals surface area contributed by atoms with Crippen LogP contribution in [0.5, 0.6) is 17.2 Å². The Labute approximate surface area is 196 Å². The SMILES string of the molecule is COc1cc(O)c2c(c1C(=O)NCc1ccc(C)cc1C)OC1=CC(O)=C(C(C)=O)C(=O)[C@]12C. The van der Waals surface area contributed by atoms with Crippen molar-refractivity contribution in [3.63, 3.8) is 0 Å². The quantitative estimate of drug-likeness (QED) is 0.581. The van der Waals surface area contributed by atoms with E-state index in [1.54, 1.807) is 0 Å². The summed E-state index contributed by atoms with van der Waals surface area (Å²) in [5, 5.41) is 23.9. The van der Waals surface area contributed by atoms with Gasteiger partial charge in [-0.2, -0.15) is 0 Å². The van der Waals surface area contributed by atoms with Crippen LogP contribution in [0.15, 0.2) is 47.4 Å². The number of hydrogen-bond donors (Lipinski definition) is 3. The molecule has 1 amide bonds. The van der Waals surface area contributed by atoms with Gasteiger partial charge in [-0.3, -0.25) is 14.4 Å². The van der Waals surface area contributed by atoms with Crippen molar-refractivity contribution in [1.82, 2.24) is 5.32 Å². The normalized spacial score (nSPS) is 18.6. The maximum atomic E-state index is 13.3. The molecule has 2 aromatic rings. The molecule has 3 N–H and O–H groups in total. The van der Waals surface area contributed by atoms with Gasteiger partial charge in [0.05, 0.1) is 12.7 Å². The molecular weight excluding hydrogens is 438 g/mol. The van der Waals surface area contributed by atoms with Gasteiger partial charge in [-0.15, -0.1) is 0 Å². The fourth-order valence-electron chi connectivity index (χ4n) is 4.53. The molecule has 176 valence electrons. The molecule has 2 aliphatic rings. The monoisotopic (exact) mass is 463 g/mol. The van der Waals surface area contributed by atoms with E-state index < -0.39 is 34.2 Å². The minimum absolute atomic E-state index is 0.00184.